The fourth-order valence-corrected chi connectivity index (χ4v) is 3.89. The highest BCUT2D eigenvalue weighted by Gasteiger charge is 2.57. The molecule has 6 nitrogen and oxygen atoms in total. The Bertz CT molecular complexity index is 806. The SMILES string of the molecule is CN1CC=C2C(C#N)C(=N)C(C#N)(C#N)[C@@H](c3cccnc3)[C@@H]2C1. The zero-order chi connectivity index (χ0) is 17.3. The highest BCUT2D eigenvalue weighted by molar-refractivity contribution is 6.00. The zero-order valence-electron chi connectivity index (χ0n) is 13.3. The van der Waals surface area contributed by atoms with E-state index in [4.69, 9.17) is 5.41 Å². The fourth-order valence-electron chi connectivity index (χ4n) is 3.89. The second-order valence-corrected chi connectivity index (χ2v) is 6.30. The van der Waals surface area contributed by atoms with Crippen LogP contribution in [-0.4, -0.2) is 35.7 Å². The average Bonchev–Trinajstić information content (AvgIpc) is 2.62. The second kappa shape index (κ2) is 5.89. The molecule has 2 heterocycles. The van der Waals surface area contributed by atoms with Crippen LogP contribution < -0.4 is 0 Å². The molecule has 3 rings (SSSR count). The van der Waals surface area contributed by atoms with E-state index in [0.29, 0.717) is 13.1 Å². The predicted octanol–water partition coefficient (Wildman–Crippen LogP) is 1.86. The average molecular weight is 316 g/mol. The summed E-state index contributed by atoms with van der Waals surface area (Å²) in [7, 11) is 1.97. The minimum atomic E-state index is -1.65. The van der Waals surface area contributed by atoms with Crippen LogP contribution in [-0.2, 0) is 0 Å². The lowest BCUT2D eigenvalue weighted by Crippen LogP contribution is -2.52. The van der Waals surface area contributed by atoms with Crippen LogP contribution in [0, 0.1) is 56.7 Å². The molecule has 0 bridgehead atoms. The minimum absolute atomic E-state index is 0.115. The van der Waals surface area contributed by atoms with Crippen molar-refractivity contribution in [3.63, 3.8) is 0 Å². The Kier molecular flexibility index (Phi) is 3.89. The van der Waals surface area contributed by atoms with Crippen LogP contribution in [0.2, 0.25) is 0 Å². The lowest BCUT2D eigenvalue weighted by atomic mass is 9.54. The molecule has 1 aromatic rings. The molecule has 2 aliphatic rings. The Morgan fingerprint density at radius 2 is 2.08 bits per heavy atom. The number of nitriles is 3. The quantitative estimate of drug-likeness (QED) is 0.795. The van der Waals surface area contributed by atoms with Gasteiger partial charge in [0.2, 0.25) is 0 Å². The summed E-state index contributed by atoms with van der Waals surface area (Å²) >= 11 is 0. The third kappa shape index (κ3) is 2.11. The van der Waals surface area contributed by atoms with Crippen molar-refractivity contribution in [1.29, 1.82) is 21.2 Å². The maximum atomic E-state index is 9.84. The molecule has 118 valence electrons. The van der Waals surface area contributed by atoms with E-state index in [9.17, 15) is 15.8 Å². The molecule has 1 aliphatic carbocycles. The maximum Gasteiger partial charge on any atom is 0.189 e. The van der Waals surface area contributed by atoms with Crippen molar-refractivity contribution in [3.8, 4) is 18.2 Å². The third-order valence-electron chi connectivity index (χ3n) is 5.02. The summed E-state index contributed by atoms with van der Waals surface area (Å²) in [4.78, 5) is 6.23. The van der Waals surface area contributed by atoms with Crippen molar-refractivity contribution in [2.75, 3.05) is 20.1 Å². The molecule has 1 fully saturated rings. The molecular formula is C18H16N6. The molecule has 24 heavy (non-hydrogen) atoms. The van der Waals surface area contributed by atoms with E-state index < -0.39 is 17.3 Å². The molecule has 0 saturated heterocycles. The van der Waals surface area contributed by atoms with Gasteiger partial charge in [-0.1, -0.05) is 12.1 Å². The fraction of sp³-hybridized carbons (Fsp3) is 0.389. The van der Waals surface area contributed by atoms with Gasteiger partial charge in [0.15, 0.2) is 5.41 Å². The van der Waals surface area contributed by atoms with Gasteiger partial charge in [0.25, 0.3) is 0 Å². The maximum absolute atomic E-state index is 9.84. The first-order chi connectivity index (χ1) is 11.6. The Hall–Kier alpha value is -3.01. The number of nitrogens with one attached hydrogen (secondary N) is 1. The van der Waals surface area contributed by atoms with E-state index in [1.165, 1.54) is 0 Å². The Morgan fingerprint density at radius 1 is 1.33 bits per heavy atom. The number of rotatable bonds is 1. The monoisotopic (exact) mass is 316 g/mol. The van der Waals surface area contributed by atoms with E-state index in [1.807, 2.05) is 19.2 Å². The van der Waals surface area contributed by atoms with Gasteiger partial charge < -0.3 is 10.3 Å². The molecule has 1 aromatic heterocycles. The van der Waals surface area contributed by atoms with Crippen molar-refractivity contribution < 1.29 is 0 Å². The molecule has 6 heteroatoms. The van der Waals surface area contributed by atoms with E-state index in [2.05, 4.69) is 28.1 Å². The third-order valence-corrected chi connectivity index (χ3v) is 5.02. The van der Waals surface area contributed by atoms with E-state index >= 15 is 0 Å². The molecule has 3 atom stereocenters. The largest absolute Gasteiger partial charge is 0.305 e. The lowest BCUT2D eigenvalue weighted by Gasteiger charge is -2.47. The number of nitrogens with zero attached hydrogens (tertiary/aromatic N) is 5. The molecule has 1 N–H and O–H groups in total. The van der Waals surface area contributed by atoms with Crippen molar-refractivity contribution in [3.05, 3.63) is 41.7 Å². The van der Waals surface area contributed by atoms with Gasteiger partial charge in [0, 0.05) is 37.3 Å². The van der Waals surface area contributed by atoms with Crippen molar-refractivity contribution in [2.24, 2.45) is 17.3 Å². The first-order valence-electron chi connectivity index (χ1n) is 7.68. The van der Waals surface area contributed by atoms with Crippen LogP contribution >= 0.6 is 0 Å². The van der Waals surface area contributed by atoms with Gasteiger partial charge in [-0.25, -0.2) is 0 Å². The molecule has 1 aliphatic heterocycles. The highest BCUT2D eigenvalue weighted by Crippen LogP contribution is 2.53. The summed E-state index contributed by atoms with van der Waals surface area (Å²) in [5.41, 5.74) is -0.150. The van der Waals surface area contributed by atoms with E-state index in [-0.39, 0.29) is 11.6 Å². The van der Waals surface area contributed by atoms with Crippen molar-refractivity contribution >= 4 is 5.71 Å². The van der Waals surface area contributed by atoms with Crippen LogP contribution in [0.5, 0.6) is 0 Å². The summed E-state index contributed by atoms with van der Waals surface area (Å²) in [5.74, 6) is -1.48. The molecule has 0 radical (unpaired) electrons. The molecule has 1 saturated carbocycles. The summed E-state index contributed by atoms with van der Waals surface area (Å²) in [5, 5.41) is 37.7. The van der Waals surface area contributed by atoms with Gasteiger partial charge in [-0.15, -0.1) is 0 Å². The summed E-state index contributed by atoms with van der Waals surface area (Å²) in [6, 6.07) is 9.88. The number of fused-ring (bicyclic) bond motifs is 1. The number of hydrogen-bond donors (Lipinski definition) is 1. The first-order valence-corrected chi connectivity index (χ1v) is 7.68. The molecule has 0 amide bonds. The van der Waals surface area contributed by atoms with Crippen LogP contribution in [0.3, 0.4) is 0 Å². The molecule has 0 aromatic carbocycles. The second-order valence-electron chi connectivity index (χ2n) is 6.30. The summed E-state index contributed by atoms with van der Waals surface area (Å²) in [6.45, 7) is 1.34. The number of hydrogen-bond acceptors (Lipinski definition) is 6. The van der Waals surface area contributed by atoms with Crippen molar-refractivity contribution in [1.82, 2.24) is 9.88 Å². The van der Waals surface area contributed by atoms with Crippen molar-refractivity contribution in [2.45, 2.75) is 5.92 Å². The minimum Gasteiger partial charge on any atom is -0.305 e. The Morgan fingerprint density at radius 3 is 2.67 bits per heavy atom. The molecule has 0 spiro atoms. The van der Waals surface area contributed by atoms with Gasteiger partial charge in [-0.2, -0.15) is 15.8 Å². The summed E-state index contributed by atoms with van der Waals surface area (Å²) in [6.07, 6.45) is 5.26. The Labute approximate surface area is 140 Å². The van der Waals surface area contributed by atoms with Gasteiger partial charge in [-0.3, -0.25) is 4.98 Å². The normalized spacial score (nSPS) is 28.7. The number of aromatic nitrogens is 1. The van der Waals surface area contributed by atoms with Gasteiger partial charge >= 0.3 is 0 Å². The van der Waals surface area contributed by atoms with E-state index in [0.717, 1.165) is 11.1 Å². The van der Waals surface area contributed by atoms with Gasteiger partial charge in [-0.05, 0) is 24.3 Å². The smallest absolute Gasteiger partial charge is 0.189 e. The predicted molar refractivity (Wildman–Crippen MR) is 86.5 cm³/mol. The first kappa shape index (κ1) is 15.9. The van der Waals surface area contributed by atoms with Crippen LogP contribution in [0.25, 0.3) is 0 Å². The highest BCUT2D eigenvalue weighted by atomic mass is 15.1. The number of likely N-dealkylation sites (N-methyl/N-ethyl adjacent to an activating group) is 1. The topological polar surface area (TPSA) is 111 Å². The lowest BCUT2D eigenvalue weighted by molar-refractivity contribution is 0.235. The zero-order valence-corrected chi connectivity index (χ0v) is 13.3. The molecular weight excluding hydrogens is 300 g/mol. The van der Waals surface area contributed by atoms with Crippen LogP contribution in [0.4, 0.5) is 0 Å². The van der Waals surface area contributed by atoms with Crippen LogP contribution in [0.1, 0.15) is 11.5 Å². The van der Waals surface area contributed by atoms with Crippen LogP contribution in [0.15, 0.2) is 36.2 Å². The van der Waals surface area contributed by atoms with Gasteiger partial charge in [0.05, 0.1) is 23.9 Å². The summed E-state index contributed by atoms with van der Waals surface area (Å²) < 4.78 is 0. The van der Waals surface area contributed by atoms with E-state index in [1.54, 1.807) is 18.5 Å². The van der Waals surface area contributed by atoms with Gasteiger partial charge in [0.1, 0.15) is 5.92 Å². The Balaban J connectivity index is 2.26. The number of pyridine rings is 1. The standard InChI is InChI=1S/C18H16N6/c1-24-6-4-13-14(7-19)17(22)18(10-20,11-21)16(15(13)9-24)12-3-2-5-23-8-12/h2-5,8,14-16,22H,6,9H2,1H3/t14?,15-,16+/m1/s1. The molecule has 1 unspecified atom stereocenters.